The van der Waals surface area contributed by atoms with E-state index in [9.17, 15) is 4.79 Å². The molecule has 120 valence electrons. The Morgan fingerprint density at radius 1 is 1.57 bits per heavy atom. The van der Waals surface area contributed by atoms with Gasteiger partial charge in [0.1, 0.15) is 13.2 Å². The first-order valence-corrected chi connectivity index (χ1v) is 6.96. The van der Waals surface area contributed by atoms with Gasteiger partial charge < -0.3 is 19.9 Å². The van der Waals surface area contributed by atoms with E-state index < -0.39 is 0 Å². The smallest absolute Gasteiger partial charge is 0.252 e. The average molecular weight is 319 g/mol. The second-order valence-electron chi connectivity index (χ2n) is 5.33. The van der Waals surface area contributed by atoms with E-state index in [-0.39, 0.29) is 37.6 Å². The lowest BCUT2D eigenvalue weighted by Gasteiger charge is -2.37. The number of carbonyl (C=O) groups is 1. The van der Waals surface area contributed by atoms with E-state index >= 15 is 0 Å². The summed E-state index contributed by atoms with van der Waals surface area (Å²) < 4.78 is 10.3. The van der Waals surface area contributed by atoms with Crippen LogP contribution in [0.1, 0.15) is 31.5 Å². The quantitative estimate of drug-likeness (QED) is 0.867. The lowest BCUT2D eigenvalue weighted by atomic mass is 9.92. The highest BCUT2D eigenvalue weighted by atomic mass is 35.5. The van der Waals surface area contributed by atoms with Gasteiger partial charge in [-0.15, -0.1) is 12.4 Å². The van der Waals surface area contributed by atoms with Crippen LogP contribution >= 0.6 is 12.4 Å². The topological polar surface area (TPSA) is 94.5 Å². The number of hydrogen-bond acceptors (Lipinski definition) is 6. The van der Waals surface area contributed by atoms with Crippen molar-refractivity contribution in [2.24, 2.45) is 11.7 Å². The van der Waals surface area contributed by atoms with Crippen molar-refractivity contribution in [1.29, 1.82) is 0 Å². The van der Waals surface area contributed by atoms with Gasteiger partial charge in [-0.3, -0.25) is 4.79 Å². The largest absolute Gasteiger partial charge is 0.362 e. The van der Waals surface area contributed by atoms with Gasteiger partial charge in [-0.25, -0.2) is 0 Å². The summed E-state index contributed by atoms with van der Waals surface area (Å²) in [5, 5.41) is 3.66. The molecule has 2 rings (SSSR count). The van der Waals surface area contributed by atoms with Crippen LogP contribution in [0.25, 0.3) is 0 Å². The van der Waals surface area contributed by atoms with Crippen LogP contribution in [0.4, 0.5) is 0 Å². The molecule has 1 saturated heterocycles. The normalized spacial score (nSPS) is 22.0. The Morgan fingerprint density at radius 2 is 2.33 bits per heavy atom. The third-order valence-electron chi connectivity index (χ3n) is 3.59. The molecule has 0 saturated carbocycles. The fourth-order valence-electron chi connectivity index (χ4n) is 2.51. The third kappa shape index (κ3) is 4.94. The van der Waals surface area contributed by atoms with E-state index in [4.69, 9.17) is 15.0 Å². The van der Waals surface area contributed by atoms with Crippen LogP contribution in [0.5, 0.6) is 0 Å². The Kier molecular flexibility index (Phi) is 7.07. The second-order valence-corrected chi connectivity index (χ2v) is 5.33. The van der Waals surface area contributed by atoms with Crippen molar-refractivity contribution in [3.63, 3.8) is 0 Å². The number of halogens is 1. The summed E-state index contributed by atoms with van der Waals surface area (Å²) in [4.78, 5) is 18.0. The number of likely N-dealkylation sites (tertiary alicyclic amines) is 1. The molecule has 1 aliphatic heterocycles. The van der Waals surface area contributed by atoms with Crippen molar-refractivity contribution >= 4 is 18.3 Å². The van der Waals surface area contributed by atoms with E-state index in [2.05, 4.69) is 17.1 Å². The minimum Gasteiger partial charge on any atom is -0.362 e. The molecule has 1 amide bonds. The zero-order chi connectivity index (χ0) is 14.5. The summed E-state index contributed by atoms with van der Waals surface area (Å²) in [6.45, 7) is 5.36. The Labute approximate surface area is 130 Å². The SMILES string of the molecule is Cc1noc(COCC(=O)N2CCC(C)CC2CN)n1.Cl. The number of aryl methyl sites for hydroxylation is 1. The van der Waals surface area contributed by atoms with E-state index in [1.165, 1.54) is 0 Å². The predicted octanol–water partition coefficient (Wildman–Crippen LogP) is 0.902. The summed E-state index contributed by atoms with van der Waals surface area (Å²) in [5.74, 6) is 1.54. The number of aromatic nitrogens is 2. The average Bonchev–Trinajstić information content (AvgIpc) is 2.84. The summed E-state index contributed by atoms with van der Waals surface area (Å²) in [5.41, 5.74) is 5.75. The Hall–Kier alpha value is -1.18. The zero-order valence-corrected chi connectivity index (χ0v) is 13.3. The molecule has 2 atom stereocenters. The third-order valence-corrected chi connectivity index (χ3v) is 3.59. The molecule has 8 heteroatoms. The molecule has 2 heterocycles. The molecule has 1 aromatic heterocycles. The number of amides is 1. The molecule has 21 heavy (non-hydrogen) atoms. The monoisotopic (exact) mass is 318 g/mol. The molecular weight excluding hydrogens is 296 g/mol. The summed E-state index contributed by atoms with van der Waals surface area (Å²) >= 11 is 0. The molecule has 0 radical (unpaired) electrons. The van der Waals surface area contributed by atoms with Crippen LogP contribution in [-0.2, 0) is 16.1 Å². The van der Waals surface area contributed by atoms with E-state index in [0.717, 1.165) is 19.4 Å². The lowest BCUT2D eigenvalue weighted by molar-refractivity contribution is -0.141. The molecule has 0 aromatic carbocycles. The van der Waals surface area contributed by atoms with Gasteiger partial charge in [-0.2, -0.15) is 4.98 Å². The standard InChI is InChI=1S/C13H22N4O3.ClH/c1-9-3-4-17(11(5-9)6-14)13(18)8-19-7-12-15-10(2)16-20-12;/h9,11H,3-8,14H2,1-2H3;1H. The first kappa shape index (κ1) is 17.9. The number of nitrogens with two attached hydrogens (primary N) is 1. The van der Waals surface area contributed by atoms with E-state index in [1.54, 1.807) is 6.92 Å². The van der Waals surface area contributed by atoms with Crippen LogP contribution in [0, 0.1) is 12.8 Å². The van der Waals surface area contributed by atoms with Gasteiger partial charge in [-0.1, -0.05) is 12.1 Å². The minimum absolute atomic E-state index is 0. The van der Waals surface area contributed by atoms with Crippen LogP contribution in [-0.4, -0.2) is 46.7 Å². The number of hydrogen-bond donors (Lipinski definition) is 1. The van der Waals surface area contributed by atoms with Gasteiger partial charge in [0.25, 0.3) is 5.89 Å². The van der Waals surface area contributed by atoms with Crippen molar-refractivity contribution in [2.75, 3.05) is 19.7 Å². The highest BCUT2D eigenvalue weighted by Crippen LogP contribution is 2.21. The Morgan fingerprint density at radius 3 is 2.95 bits per heavy atom. The maximum absolute atomic E-state index is 12.1. The van der Waals surface area contributed by atoms with Crippen molar-refractivity contribution in [2.45, 2.75) is 39.3 Å². The summed E-state index contributed by atoms with van der Waals surface area (Å²) in [6, 6.07) is 0.125. The molecule has 0 bridgehead atoms. The van der Waals surface area contributed by atoms with Gasteiger partial charge in [-0.05, 0) is 25.7 Å². The zero-order valence-electron chi connectivity index (χ0n) is 12.4. The predicted molar refractivity (Wildman–Crippen MR) is 78.9 cm³/mol. The highest BCUT2D eigenvalue weighted by molar-refractivity contribution is 5.85. The van der Waals surface area contributed by atoms with Gasteiger partial charge >= 0.3 is 0 Å². The van der Waals surface area contributed by atoms with Crippen molar-refractivity contribution < 1.29 is 14.1 Å². The van der Waals surface area contributed by atoms with Crippen LogP contribution in [0.15, 0.2) is 4.52 Å². The Bertz CT molecular complexity index is 454. The number of rotatable bonds is 5. The lowest BCUT2D eigenvalue weighted by Crippen LogP contribution is -2.50. The first-order valence-electron chi connectivity index (χ1n) is 6.96. The molecule has 2 unspecified atom stereocenters. The van der Waals surface area contributed by atoms with Crippen LogP contribution in [0.2, 0.25) is 0 Å². The van der Waals surface area contributed by atoms with Gasteiger partial charge in [0.2, 0.25) is 5.91 Å². The molecule has 0 spiro atoms. The van der Waals surface area contributed by atoms with E-state index in [0.29, 0.717) is 24.2 Å². The molecular formula is C13H23ClN4O3. The van der Waals surface area contributed by atoms with Crippen LogP contribution in [0.3, 0.4) is 0 Å². The highest BCUT2D eigenvalue weighted by Gasteiger charge is 2.28. The molecule has 1 aromatic rings. The van der Waals surface area contributed by atoms with Crippen molar-refractivity contribution in [3.05, 3.63) is 11.7 Å². The number of nitrogens with zero attached hydrogens (tertiary/aromatic N) is 3. The Balaban J connectivity index is 0.00000220. The molecule has 7 nitrogen and oxygen atoms in total. The van der Waals surface area contributed by atoms with Gasteiger partial charge in [0.15, 0.2) is 5.82 Å². The molecule has 1 aliphatic rings. The molecule has 2 N–H and O–H groups in total. The van der Waals surface area contributed by atoms with Gasteiger partial charge in [0.05, 0.1) is 0 Å². The number of carbonyl (C=O) groups excluding carboxylic acids is 1. The maximum atomic E-state index is 12.1. The summed E-state index contributed by atoms with van der Waals surface area (Å²) in [7, 11) is 0. The fourth-order valence-corrected chi connectivity index (χ4v) is 2.51. The molecule has 0 aliphatic carbocycles. The van der Waals surface area contributed by atoms with Crippen LogP contribution < -0.4 is 5.73 Å². The first-order chi connectivity index (χ1) is 9.60. The summed E-state index contributed by atoms with van der Waals surface area (Å²) in [6.07, 6.45) is 1.98. The van der Waals surface area contributed by atoms with Crippen molar-refractivity contribution in [3.8, 4) is 0 Å². The molecule has 1 fully saturated rings. The van der Waals surface area contributed by atoms with Crippen molar-refractivity contribution in [1.82, 2.24) is 15.0 Å². The van der Waals surface area contributed by atoms with Gasteiger partial charge in [0, 0.05) is 19.1 Å². The number of ether oxygens (including phenoxy) is 1. The fraction of sp³-hybridized carbons (Fsp3) is 0.769. The minimum atomic E-state index is -0.0245. The van der Waals surface area contributed by atoms with E-state index in [1.807, 2.05) is 4.90 Å². The maximum Gasteiger partial charge on any atom is 0.252 e. The second kappa shape index (κ2) is 8.31. The number of piperidine rings is 1.